The minimum Gasteiger partial charge on any atom is -0.344 e. The SMILES string of the molecule is CC[C@H](C)[C@@H](NC(=O)C(C)C)C(=O)N1CCC(c2ccc(Cl)cc2)CC1. The van der Waals surface area contributed by atoms with Crippen LogP contribution in [0.3, 0.4) is 0 Å². The summed E-state index contributed by atoms with van der Waals surface area (Å²) in [5.41, 5.74) is 1.29. The molecule has 2 atom stereocenters. The highest BCUT2D eigenvalue weighted by Crippen LogP contribution is 2.29. The van der Waals surface area contributed by atoms with Gasteiger partial charge in [-0.3, -0.25) is 9.59 Å². The fraction of sp³-hybridized carbons (Fsp3) is 0.619. The third kappa shape index (κ3) is 5.23. The Morgan fingerprint density at radius 1 is 1.15 bits per heavy atom. The van der Waals surface area contributed by atoms with Gasteiger partial charge >= 0.3 is 0 Å². The monoisotopic (exact) mass is 378 g/mol. The van der Waals surface area contributed by atoms with E-state index in [1.165, 1.54) is 5.56 Å². The van der Waals surface area contributed by atoms with Gasteiger partial charge in [0, 0.05) is 24.0 Å². The summed E-state index contributed by atoms with van der Waals surface area (Å²) in [4.78, 5) is 27.1. The molecule has 1 N–H and O–H groups in total. The first-order valence-corrected chi connectivity index (χ1v) is 10.1. The molecular weight excluding hydrogens is 348 g/mol. The zero-order chi connectivity index (χ0) is 19.3. The molecule has 2 rings (SSSR count). The van der Waals surface area contributed by atoms with Crippen molar-refractivity contribution < 1.29 is 9.59 Å². The van der Waals surface area contributed by atoms with Gasteiger partial charge in [0.05, 0.1) is 0 Å². The van der Waals surface area contributed by atoms with Gasteiger partial charge in [0.2, 0.25) is 11.8 Å². The molecule has 0 aromatic heterocycles. The maximum absolute atomic E-state index is 13.0. The molecule has 1 aromatic rings. The molecule has 2 amide bonds. The minimum absolute atomic E-state index is 0.0558. The summed E-state index contributed by atoms with van der Waals surface area (Å²) < 4.78 is 0. The van der Waals surface area contributed by atoms with Gasteiger partial charge in [-0.2, -0.15) is 0 Å². The van der Waals surface area contributed by atoms with Crippen LogP contribution < -0.4 is 5.32 Å². The van der Waals surface area contributed by atoms with Crippen LogP contribution >= 0.6 is 11.6 Å². The predicted octanol–water partition coefficient (Wildman–Crippen LogP) is 4.23. The largest absolute Gasteiger partial charge is 0.344 e. The normalized spacial score (nSPS) is 17.8. The number of likely N-dealkylation sites (tertiary alicyclic amines) is 1. The Hall–Kier alpha value is -1.55. The van der Waals surface area contributed by atoms with Crippen molar-refractivity contribution in [2.45, 2.75) is 58.9 Å². The molecule has 0 radical (unpaired) electrons. The molecular formula is C21H31ClN2O2. The van der Waals surface area contributed by atoms with Crippen LogP contribution in [0.5, 0.6) is 0 Å². The van der Waals surface area contributed by atoms with Crippen LogP contribution in [-0.2, 0) is 9.59 Å². The topological polar surface area (TPSA) is 49.4 Å². The van der Waals surface area contributed by atoms with Crippen molar-refractivity contribution in [3.05, 3.63) is 34.9 Å². The van der Waals surface area contributed by atoms with Crippen molar-refractivity contribution in [3.8, 4) is 0 Å². The van der Waals surface area contributed by atoms with Gasteiger partial charge in [-0.1, -0.05) is 57.8 Å². The van der Waals surface area contributed by atoms with Gasteiger partial charge in [0.25, 0.3) is 0 Å². The van der Waals surface area contributed by atoms with Crippen molar-refractivity contribution in [1.82, 2.24) is 10.2 Å². The Kier molecular flexibility index (Phi) is 7.51. The Morgan fingerprint density at radius 3 is 2.23 bits per heavy atom. The van der Waals surface area contributed by atoms with Crippen molar-refractivity contribution in [2.75, 3.05) is 13.1 Å². The molecule has 1 aliphatic rings. The Morgan fingerprint density at radius 2 is 1.73 bits per heavy atom. The van der Waals surface area contributed by atoms with Gasteiger partial charge in [0.15, 0.2) is 0 Å². The lowest BCUT2D eigenvalue weighted by Crippen LogP contribution is -2.53. The average molecular weight is 379 g/mol. The van der Waals surface area contributed by atoms with Crippen LogP contribution in [0.2, 0.25) is 5.02 Å². The Bertz CT molecular complexity index is 607. The van der Waals surface area contributed by atoms with E-state index in [-0.39, 0.29) is 23.7 Å². The highest BCUT2D eigenvalue weighted by atomic mass is 35.5. The summed E-state index contributed by atoms with van der Waals surface area (Å²) in [5.74, 6) is 0.468. The van der Waals surface area contributed by atoms with E-state index >= 15 is 0 Å². The molecule has 0 spiro atoms. The summed E-state index contributed by atoms with van der Waals surface area (Å²) >= 11 is 5.97. The third-order valence-electron chi connectivity index (χ3n) is 5.45. The second-order valence-electron chi connectivity index (χ2n) is 7.68. The van der Waals surface area contributed by atoms with E-state index in [2.05, 4.69) is 24.4 Å². The lowest BCUT2D eigenvalue weighted by Gasteiger charge is -2.36. The number of carbonyl (C=O) groups is 2. The van der Waals surface area contributed by atoms with E-state index < -0.39 is 6.04 Å². The minimum atomic E-state index is -0.429. The van der Waals surface area contributed by atoms with Crippen molar-refractivity contribution in [1.29, 1.82) is 0 Å². The molecule has 1 heterocycles. The fourth-order valence-corrected chi connectivity index (χ4v) is 3.49. The van der Waals surface area contributed by atoms with E-state index in [0.29, 0.717) is 5.92 Å². The van der Waals surface area contributed by atoms with Crippen LogP contribution in [0.4, 0.5) is 0 Å². The summed E-state index contributed by atoms with van der Waals surface area (Å²) in [6.07, 6.45) is 2.74. The average Bonchev–Trinajstić information content (AvgIpc) is 2.65. The lowest BCUT2D eigenvalue weighted by molar-refractivity contribution is -0.139. The molecule has 0 saturated carbocycles. The Labute approximate surface area is 162 Å². The maximum Gasteiger partial charge on any atom is 0.245 e. The number of nitrogens with zero attached hydrogens (tertiary/aromatic N) is 1. The van der Waals surface area contributed by atoms with Crippen molar-refractivity contribution >= 4 is 23.4 Å². The first kappa shape index (κ1) is 20.8. The number of hydrogen-bond donors (Lipinski definition) is 1. The van der Waals surface area contributed by atoms with Crippen LogP contribution in [-0.4, -0.2) is 35.8 Å². The fourth-order valence-electron chi connectivity index (χ4n) is 3.37. The smallest absolute Gasteiger partial charge is 0.245 e. The number of rotatable bonds is 6. The standard InChI is InChI=1S/C21H31ClN2O2/c1-5-15(4)19(23-20(25)14(2)3)21(26)24-12-10-17(11-13-24)16-6-8-18(22)9-7-16/h6-9,14-15,17,19H,5,10-13H2,1-4H3,(H,23,25)/t15-,19+/m0/s1. The van der Waals surface area contributed by atoms with Crippen molar-refractivity contribution in [3.63, 3.8) is 0 Å². The summed E-state index contributed by atoms with van der Waals surface area (Å²) in [5, 5.41) is 3.72. The second-order valence-corrected chi connectivity index (χ2v) is 8.11. The number of hydrogen-bond acceptors (Lipinski definition) is 2. The molecule has 1 fully saturated rings. The molecule has 144 valence electrons. The zero-order valence-corrected chi connectivity index (χ0v) is 17.1. The first-order chi connectivity index (χ1) is 12.3. The number of halogens is 1. The number of piperidine rings is 1. The Balaban J connectivity index is 1.99. The van der Waals surface area contributed by atoms with E-state index in [1.54, 1.807) is 0 Å². The van der Waals surface area contributed by atoms with Gasteiger partial charge in [-0.15, -0.1) is 0 Å². The lowest BCUT2D eigenvalue weighted by atomic mass is 9.88. The van der Waals surface area contributed by atoms with E-state index in [4.69, 9.17) is 11.6 Å². The van der Waals surface area contributed by atoms with Gasteiger partial charge in [-0.25, -0.2) is 0 Å². The molecule has 0 bridgehead atoms. The van der Waals surface area contributed by atoms with E-state index in [9.17, 15) is 9.59 Å². The molecule has 5 heteroatoms. The number of carbonyl (C=O) groups excluding carboxylic acids is 2. The summed E-state index contributed by atoms with van der Waals surface area (Å²) in [6, 6.07) is 7.58. The van der Waals surface area contributed by atoms with Crippen LogP contribution in [0.25, 0.3) is 0 Å². The van der Waals surface area contributed by atoms with Crippen LogP contribution in [0.1, 0.15) is 58.4 Å². The zero-order valence-electron chi connectivity index (χ0n) is 16.3. The molecule has 1 aliphatic heterocycles. The number of nitrogens with one attached hydrogen (secondary N) is 1. The van der Waals surface area contributed by atoms with Crippen molar-refractivity contribution in [2.24, 2.45) is 11.8 Å². The number of amides is 2. The summed E-state index contributed by atoms with van der Waals surface area (Å²) in [6.45, 7) is 9.26. The first-order valence-electron chi connectivity index (χ1n) is 9.68. The number of benzene rings is 1. The predicted molar refractivity (Wildman–Crippen MR) is 106 cm³/mol. The van der Waals surface area contributed by atoms with E-state index in [1.807, 2.05) is 37.8 Å². The molecule has 26 heavy (non-hydrogen) atoms. The molecule has 0 aliphatic carbocycles. The quantitative estimate of drug-likeness (QED) is 0.805. The summed E-state index contributed by atoms with van der Waals surface area (Å²) in [7, 11) is 0. The van der Waals surface area contributed by atoms with E-state index in [0.717, 1.165) is 37.4 Å². The highest BCUT2D eigenvalue weighted by molar-refractivity contribution is 6.30. The molecule has 1 aromatic carbocycles. The van der Waals surface area contributed by atoms with Crippen LogP contribution in [0, 0.1) is 11.8 Å². The van der Waals surface area contributed by atoms with Gasteiger partial charge in [0.1, 0.15) is 6.04 Å². The highest BCUT2D eigenvalue weighted by Gasteiger charge is 2.32. The van der Waals surface area contributed by atoms with Gasteiger partial charge in [-0.05, 0) is 42.4 Å². The second kappa shape index (κ2) is 9.40. The molecule has 0 unspecified atom stereocenters. The molecule has 4 nitrogen and oxygen atoms in total. The van der Waals surface area contributed by atoms with Gasteiger partial charge < -0.3 is 10.2 Å². The molecule has 1 saturated heterocycles. The maximum atomic E-state index is 13.0. The third-order valence-corrected chi connectivity index (χ3v) is 5.70. The van der Waals surface area contributed by atoms with Crippen LogP contribution in [0.15, 0.2) is 24.3 Å².